The molecule has 3 aromatic rings. The fraction of sp³-hybridized carbons (Fsp3) is 0.207. The van der Waals surface area contributed by atoms with Crippen LogP contribution in [0.15, 0.2) is 73.3 Å². The number of fused-ring (bicyclic) bond motifs is 3. The first-order chi connectivity index (χ1) is 15.2. The molecule has 1 aliphatic rings. The highest BCUT2D eigenvalue weighted by molar-refractivity contribution is 5.84. The lowest BCUT2D eigenvalue weighted by Gasteiger charge is -2.05. The van der Waals surface area contributed by atoms with Gasteiger partial charge < -0.3 is 4.74 Å². The highest BCUT2D eigenvalue weighted by Gasteiger charge is 2.19. The van der Waals surface area contributed by atoms with Crippen molar-refractivity contribution in [2.75, 3.05) is 0 Å². The second kappa shape index (κ2) is 9.49. The van der Waals surface area contributed by atoms with E-state index in [4.69, 9.17) is 4.74 Å². The zero-order valence-corrected chi connectivity index (χ0v) is 17.9. The van der Waals surface area contributed by atoms with Gasteiger partial charge in [0.25, 0.3) is 0 Å². The molecule has 3 aromatic carbocycles. The van der Waals surface area contributed by atoms with Crippen LogP contribution in [0.5, 0.6) is 5.75 Å². The number of ether oxygens (including phenoxy) is 1. The Morgan fingerprint density at radius 1 is 0.935 bits per heavy atom. The van der Waals surface area contributed by atoms with Gasteiger partial charge in [0, 0.05) is 17.2 Å². The molecule has 0 fully saturated rings. The summed E-state index contributed by atoms with van der Waals surface area (Å²) in [5, 5.41) is 0. The van der Waals surface area contributed by atoms with E-state index < -0.39 is 5.97 Å². The molecule has 0 saturated carbocycles. The molecule has 0 bridgehead atoms. The molecule has 0 spiro atoms. The molecule has 2 nitrogen and oxygen atoms in total. The largest absolute Gasteiger partial charge is 0.423 e. The summed E-state index contributed by atoms with van der Waals surface area (Å²) in [4.78, 5) is 11.5. The van der Waals surface area contributed by atoms with Gasteiger partial charge in [0.2, 0.25) is 0 Å². The number of carbonyl (C=O) groups excluding carboxylic acids is 1. The van der Waals surface area contributed by atoms with Crippen molar-refractivity contribution in [2.45, 2.75) is 39.0 Å². The molecule has 0 amide bonds. The van der Waals surface area contributed by atoms with E-state index in [1.165, 1.54) is 47.6 Å². The minimum Gasteiger partial charge on any atom is -0.423 e. The lowest BCUT2D eigenvalue weighted by Crippen LogP contribution is -2.03. The molecule has 4 rings (SSSR count). The zero-order valence-electron chi connectivity index (χ0n) is 17.9. The fourth-order valence-corrected chi connectivity index (χ4v) is 3.96. The van der Waals surface area contributed by atoms with Crippen LogP contribution in [0.25, 0.3) is 11.1 Å². The van der Waals surface area contributed by atoms with Crippen molar-refractivity contribution in [2.24, 2.45) is 0 Å². The van der Waals surface area contributed by atoms with E-state index in [0.29, 0.717) is 5.75 Å². The molecule has 0 radical (unpaired) electrons. The van der Waals surface area contributed by atoms with E-state index in [-0.39, 0.29) is 0 Å². The summed E-state index contributed by atoms with van der Waals surface area (Å²) in [5.74, 6) is 6.70. The van der Waals surface area contributed by atoms with Crippen molar-refractivity contribution in [3.63, 3.8) is 0 Å². The Kier molecular flexibility index (Phi) is 6.34. The SMILES string of the molecule is C=CC(=O)Oc1ccc2c(c1)Cc1cc(C#Cc3ccc(CCCCC)cc3)ccc1-2. The van der Waals surface area contributed by atoms with Gasteiger partial charge in [0.1, 0.15) is 5.75 Å². The van der Waals surface area contributed by atoms with Crippen LogP contribution in [0.4, 0.5) is 0 Å². The molecule has 0 heterocycles. The predicted octanol–water partition coefficient (Wildman–Crippen LogP) is 6.48. The third-order valence-corrected chi connectivity index (χ3v) is 5.61. The van der Waals surface area contributed by atoms with Crippen LogP contribution < -0.4 is 4.74 Å². The molecular weight excluding hydrogens is 380 g/mol. The smallest absolute Gasteiger partial charge is 0.335 e. The second-order valence-corrected chi connectivity index (χ2v) is 7.90. The van der Waals surface area contributed by atoms with Gasteiger partial charge in [-0.3, -0.25) is 0 Å². The Morgan fingerprint density at radius 3 is 2.35 bits per heavy atom. The summed E-state index contributed by atoms with van der Waals surface area (Å²) in [5.41, 5.74) is 8.25. The number of hydrogen-bond donors (Lipinski definition) is 0. The summed E-state index contributed by atoms with van der Waals surface area (Å²) < 4.78 is 5.26. The molecule has 154 valence electrons. The summed E-state index contributed by atoms with van der Waals surface area (Å²) in [6, 6.07) is 20.8. The van der Waals surface area contributed by atoms with Crippen molar-refractivity contribution in [1.82, 2.24) is 0 Å². The standard InChI is InChI=1S/C29H26O2/c1-3-5-6-7-21-8-10-22(11-9-21)12-13-23-14-16-27-24(18-23)19-25-20-26(15-17-28(25)27)31-29(30)4-2/h4,8-11,14-18,20H,2-3,5-7,19H2,1H3. The number of esters is 1. The molecule has 0 aromatic heterocycles. The topological polar surface area (TPSA) is 26.3 Å². The van der Waals surface area contributed by atoms with Gasteiger partial charge in [0.05, 0.1) is 0 Å². The number of rotatable bonds is 6. The molecule has 0 N–H and O–H groups in total. The maximum Gasteiger partial charge on any atom is 0.335 e. The van der Waals surface area contributed by atoms with Gasteiger partial charge in [-0.2, -0.15) is 0 Å². The van der Waals surface area contributed by atoms with Gasteiger partial charge in [-0.05, 0) is 83.5 Å². The highest BCUT2D eigenvalue weighted by Crippen LogP contribution is 2.38. The van der Waals surface area contributed by atoms with E-state index >= 15 is 0 Å². The maximum atomic E-state index is 11.5. The molecule has 0 aliphatic heterocycles. The average Bonchev–Trinajstić information content (AvgIpc) is 3.15. The first kappa shape index (κ1) is 20.7. The van der Waals surface area contributed by atoms with E-state index in [1.54, 1.807) is 0 Å². The molecular formula is C29H26O2. The number of aryl methyl sites for hydroxylation is 1. The van der Waals surface area contributed by atoms with Crippen molar-refractivity contribution in [3.8, 4) is 28.7 Å². The van der Waals surface area contributed by atoms with Crippen LogP contribution in [0.1, 0.15) is 54.0 Å². The van der Waals surface area contributed by atoms with Crippen molar-refractivity contribution in [1.29, 1.82) is 0 Å². The van der Waals surface area contributed by atoms with Crippen molar-refractivity contribution >= 4 is 5.97 Å². The predicted molar refractivity (Wildman–Crippen MR) is 126 cm³/mol. The molecule has 1 aliphatic carbocycles. The summed E-state index contributed by atoms with van der Waals surface area (Å²) in [6.45, 7) is 5.67. The maximum absolute atomic E-state index is 11.5. The summed E-state index contributed by atoms with van der Waals surface area (Å²) >= 11 is 0. The van der Waals surface area contributed by atoms with Crippen LogP contribution in [0.2, 0.25) is 0 Å². The fourth-order valence-electron chi connectivity index (χ4n) is 3.96. The Bertz CT molecular complexity index is 1170. The van der Waals surface area contributed by atoms with Gasteiger partial charge >= 0.3 is 5.97 Å². The van der Waals surface area contributed by atoms with Gasteiger partial charge in [0.15, 0.2) is 0 Å². The van der Waals surface area contributed by atoms with Crippen LogP contribution in [0.3, 0.4) is 0 Å². The van der Waals surface area contributed by atoms with Crippen LogP contribution in [-0.4, -0.2) is 5.97 Å². The van der Waals surface area contributed by atoms with Crippen molar-refractivity contribution in [3.05, 3.63) is 101 Å². The third kappa shape index (κ3) is 4.95. The first-order valence-electron chi connectivity index (χ1n) is 10.9. The van der Waals surface area contributed by atoms with Gasteiger partial charge in [-0.1, -0.05) is 62.5 Å². The van der Waals surface area contributed by atoms with Crippen LogP contribution in [0, 0.1) is 11.8 Å². The Balaban J connectivity index is 1.47. The number of hydrogen-bond acceptors (Lipinski definition) is 2. The molecule has 31 heavy (non-hydrogen) atoms. The monoisotopic (exact) mass is 406 g/mol. The number of benzene rings is 3. The van der Waals surface area contributed by atoms with E-state index in [2.05, 4.69) is 67.8 Å². The van der Waals surface area contributed by atoms with E-state index in [0.717, 1.165) is 29.5 Å². The van der Waals surface area contributed by atoms with E-state index in [1.807, 2.05) is 18.2 Å². The summed E-state index contributed by atoms with van der Waals surface area (Å²) in [6.07, 6.45) is 6.90. The van der Waals surface area contributed by atoms with Crippen LogP contribution in [-0.2, 0) is 17.6 Å². The lowest BCUT2D eigenvalue weighted by atomic mass is 10.0. The average molecular weight is 407 g/mol. The minimum absolute atomic E-state index is 0.443. The molecule has 2 heteroatoms. The van der Waals surface area contributed by atoms with Gasteiger partial charge in [-0.15, -0.1) is 0 Å². The molecule has 0 unspecified atom stereocenters. The van der Waals surface area contributed by atoms with Crippen molar-refractivity contribution < 1.29 is 9.53 Å². The Labute approximate surface area is 184 Å². The third-order valence-electron chi connectivity index (χ3n) is 5.61. The van der Waals surface area contributed by atoms with Crippen LogP contribution >= 0.6 is 0 Å². The number of unbranched alkanes of at least 4 members (excludes halogenated alkanes) is 2. The Morgan fingerprint density at radius 2 is 1.61 bits per heavy atom. The lowest BCUT2D eigenvalue weighted by molar-refractivity contribution is -0.128. The van der Waals surface area contributed by atoms with E-state index in [9.17, 15) is 4.79 Å². The zero-order chi connectivity index (χ0) is 21.6. The highest BCUT2D eigenvalue weighted by atomic mass is 16.5. The first-order valence-corrected chi connectivity index (χ1v) is 10.9. The Hall–Kier alpha value is -3.57. The minimum atomic E-state index is -0.443. The molecule has 0 saturated heterocycles. The quantitative estimate of drug-likeness (QED) is 0.120. The normalized spacial score (nSPS) is 11.1. The second-order valence-electron chi connectivity index (χ2n) is 7.90. The molecule has 0 atom stereocenters. The van der Waals surface area contributed by atoms with Gasteiger partial charge in [-0.25, -0.2) is 4.79 Å². The number of carbonyl (C=O) groups is 1. The summed E-state index contributed by atoms with van der Waals surface area (Å²) in [7, 11) is 0.